The molecule has 1 aliphatic rings. The molecule has 0 bridgehead atoms. The van der Waals surface area contributed by atoms with Gasteiger partial charge in [-0.3, -0.25) is 0 Å². The van der Waals surface area contributed by atoms with Gasteiger partial charge in [0.05, 0.1) is 6.61 Å². The molecule has 3 nitrogen and oxygen atoms in total. The Morgan fingerprint density at radius 2 is 2.06 bits per heavy atom. The molecular weight excluding hydrogens is 224 g/mol. The van der Waals surface area contributed by atoms with Crippen molar-refractivity contribution in [2.24, 2.45) is 0 Å². The fourth-order valence-corrected chi connectivity index (χ4v) is 2.94. The fourth-order valence-electron chi connectivity index (χ4n) is 2.94. The Morgan fingerprint density at radius 1 is 1.22 bits per heavy atom. The zero-order chi connectivity index (χ0) is 12.4. The van der Waals surface area contributed by atoms with E-state index >= 15 is 0 Å². The third kappa shape index (κ3) is 2.16. The highest BCUT2D eigenvalue weighted by atomic mass is 16.3. The largest absolute Gasteiger partial charge is 0.394 e. The summed E-state index contributed by atoms with van der Waals surface area (Å²) < 4.78 is 0. The van der Waals surface area contributed by atoms with E-state index in [1.165, 1.54) is 29.3 Å². The molecule has 1 saturated carbocycles. The molecule has 0 saturated heterocycles. The SMILES string of the molecule is OCC1(NCc2ccc3cc[nH]c3c2)CCCC1. The maximum Gasteiger partial charge on any atom is 0.0613 e. The summed E-state index contributed by atoms with van der Waals surface area (Å²) in [6, 6.07) is 8.56. The molecule has 3 N–H and O–H groups in total. The Kier molecular flexibility index (Phi) is 3.10. The van der Waals surface area contributed by atoms with Crippen molar-refractivity contribution < 1.29 is 5.11 Å². The third-order valence-electron chi connectivity index (χ3n) is 4.15. The number of rotatable bonds is 4. The minimum Gasteiger partial charge on any atom is -0.394 e. The van der Waals surface area contributed by atoms with E-state index in [0.29, 0.717) is 0 Å². The first-order chi connectivity index (χ1) is 8.81. The first-order valence-electron chi connectivity index (χ1n) is 6.73. The minimum absolute atomic E-state index is 0.0370. The van der Waals surface area contributed by atoms with Gasteiger partial charge in [0.15, 0.2) is 0 Å². The second-order valence-corrected chi connectivity index (χ2v) is 5.40. The van der Waals surface area contributed by atoms with Crippen molar-refractivity contribution in [1.82, 2.24) is 10.3 Å². The van der Waals surface area contributed by atoms with E-state index in [4.69, 9.17) is 0 Å². The van der Waals surface area contributed by atoms with Crippen LogP contribution in [0.25, 0.3) is 10.9 Å². The van der Waals surface area contributed by atoms with Crippen molar-refractivity contribution in [2.75, 3.05) is 6.61 Å². The van der Waals surface area contributed by atoms with E-state index in [1.807, 2.05) is 6.20 Å². The molecule has 1 fully saturated rings. The molecule has 3 heteroatoms. The third-order valence-corrected chi connectivity index (χ3v) is 4.15. The Hall–Kier alpha value is -1.32. The van der Waals surface area contributed by atoms with Gasteiger partial charge in [0, 0.05) is 23.8 Å². The number of fused-ring (bicyclic) bond motifs is 1. The quantitative estimate of drug-likeness (QED) is 0.774. The summed E-state index contributed by atoms with van der Waals surface area (Å²) in [7, 11) is 0. The van der Waals surface area contributed by atoms with Crippen LogP contribution in [0.1, 0.15) is 31.2 Å². The lowest BCUT2D eigenvalue weighted by Crippen LogP contribution is -2.45. The first kappa shape index (κ1) is 11.8. The van der Waals surface area contributed by atoms with Gasteiger partial charge in [-0.15, -0.1) is 0 Å². The zero-order valence-electron chi connectivity index (χ0n) is 10.6. The predicted octanol–water partition coefficient (Wildman–Crippen LogP) is 2.56. The number of aliphatic hydroxyl groups excluding tert-OH is 1. The molecule has 2 aromatic rings. The van der Waals surface area contributed by atoms with Crippen molar-refractivity contribution in [3.05, 3.63) is 36.0 Å². The maximum atomic E-state index is 9.56. The lowest BCUT2D eigenvalue weighted by atomic mass is 9.98. The van der Waals surface area contributed by atoms with Crippen LogP contribution in [0.15, 0.2) is 30.5 Å². The van der Waals surface area contributed by atoms with E-state index in [9.17, 15) is 5.11 Å². The highest BCUT2D eigenvalue weighted by Crippen LogP contribution is 2.29. The molecule has 0 spiro atoms. The van der Waals surface area contributed by atoms with Crippen LogP contribution in [0.3, 0.4) is 0 Å². The van der Waals surface area contributed by atoms with Crippen LogP contribution in [0.2, 0.25) is 0 Å². The van der Waals surface area contributed by atoms with Crippen molar-refractivity contribution in [3.8, 4) is 0 Å². The maximum absolute atomic E-state index is 9.56. The van der Waals surface area contributed by atoms with Gasteiger partial charge in [-0.25, -0.2) is 0 Å². The first-order valence-corrected chi connectivity index (χ1v) is 6.73. The zero-order valence-corrected chi connectivity index (χ0v) is 10.6. The van der Waals surface area contributed by atoms with Crippen molar-refractivity contribution in [2.45, 2.75) is 37.8 Å². The number of nitrogens with one attached hydrogen (secondary N) is 2. The Labute approximate surface area is 107 Å². The number of aromatic amines is 1. The molecular formula is C15H20N2O. The van der Waals surface area contributed by atoms with Gasteiger partial charge in [0.1, 0.15) is 0 Å². The van der Waals surface area contributed by atoms with Crippen LogP contribution in [-0.4, -0.2) is 22.2 Å². The normalized spacial score (nSPS) is 18.5. The highest BCUT2D eigenvalue weighted by molar-refractivity contribution is 5.79. The van der Waals surface area contributed by atoms with Crippen molar-refractivity contribution in [3.63, 3.8) is 0 Å². The number of H-pyrrole nitrogens is 1. The summed E-state index contributed by atoms with van der Waals surface area (Å²) in [5, 5.41) is 14.4. The molecule has 1 heterocycles. The van der Waals surface area contributed by atoms with Crippen LogP contribution in [0.5, 0.6) is 0 Å². The molecule has 1 aromatic heterocycles. The summed E-state index contributed by atoms with van der Waals surface area (Å²) in [5.74, 6) is 0. The van der Waals surface area contributed by atoms with E-state index < -0.39 is 0 Å². The topological polar surface area (TPSA) is 48.0 Å². The minimum atomic E-state index is -0.0370. The van der Waals surface area contributed by atoms with Gasteiger partial charge in [0.2, 0.25) is 0 Å². The summed E-state index contributed by atoms with van der Waals surface area (Å²) in [6.45, 7) is 1.08. The Bertz CT molecular complexity index is 526. The van der Waals surface area contributed by atoms with Crippen molar-refractivity contribution in [1.29, 1.82) is 0 Å². The van der Waals surface area contributed by atoms with E-state index in [2.05, 4.69) is 34.6 Å². The lowest BCUT2D eigenvalue weighted by Gasteiger charge is -2.28. The summed E-state index contributed by atoms with van der Waals surface area (Å²) >= 11 is 0. The molecule has 0 radical (unpaired) electrons. The molecule has 0 unspecified atom stereocenters. The van der Waals surface area contributed by atoms with Gasteiger partial charge in [-0.1, -0.05) is 25.0 Å². The monoisotopic (exact) mass is 244 g/mol. The Balaban J connectivity index is 1.72. The van der Waals surface area contributed by atoms with Gasteiger partial charge in [-0.2, -0.15) is 0 Å². The number of aliphatic hydroxyl groups is 1. The summed E-state index contributed by atoms with van der Waals surface area (Å²) in [5.41, 5.74) is 2.41. The summed E-state index contributed by atoms with van der Waals surface area (Å²) in [6.07, 6.45) is 6.60. The predicted molar refractivity (Wildman–Crippen MR) is 73.4 cm³/mol. The van der Waals surface area contributed by atoms with Gasteiger partial charge in [0.25, 0.3) is 0 Å². The van der Waals surface area contributed by atoms with Gasteiger partial charge < -0.3 is 15.4 Å². The molecule has 0 amide bonds. The van der Waals surface area contributed by atoms with Crippen LogP contribution < -0.4 is 5.32 Å². The molecule has 0 aliphatic heterocycles. The molecule has 3 rings (SSSR count). The molecule has 0 atom stereocenters. The number of aromatic nitrogens is 1. The second kappa shape index (κ2) is 4.75. The number of hydrogen-bond acceptors (Lipinski definition) is 2. The lowest BCUT2D eigenvalue weighted by molar-refractivity contribution is 0.163. The average Bonchev–Trinajstić information content (AvgIpc) is 3.05. The van der Waals surface area contributed by atoms with Crippen LogP contribution >= 0.6 is 0 Å². The van der Waals surface area contributed by atoms with Crippen LogP contribution in [0, 0.1) is 0 Å². The van der Waals surface area contributed by atoms with E-state index in [1.54, 1.807) is 0 Å². The fraction of sp³-hybridized carbons (Fsp3) is 0.467. The number of hydrogen-bond donors (Lipinski definition) is 3. The molecule has 1 aliphatic carbocycles. The Morgan fingerprint density at radius 3 is 2.83 bits per heavy atom. The van der Waals surface area contributed by atoms with E-state index in [-0.39, 0.29) is 12.1 Å². The van der Waals surface area contributed by atoms with Crippen molar-refractivity contribution >= 4 is 10.9 Å². The molecule has 96 valence electrons. The van der Waals surface area contributed by atoms with Crippen LogP contribution in [0.4, 0.5) is 0 Å². The van der Waals surface area contributed by atoms with Gasteiger partial charge >= 0.3 is 0 Å². The van der Waals surface area contributed by atoms with E-state index in [0.717, 1.165) is 19.4 Å². The van der Waals surface area contributed by atoms with Gasteiger partial charge in [-0.05, 0) is 35.9 Å². The number of benzene rings is 1. The van der Waals surface area contributed by atoms with Crippen LogP contribution in [-0.2, 0) is 6.54 Å². The molecule has 18 heavy (non-hydrogen) atoms. The summed E-state index contributed by atoms with van der Waals surface area (Å²) in [4.78, 5) is 3.23. The standard InChI is InChI=1S/C15H20N2O/c18-11-15(6-1-2-7-15)17-10-12-3-4-13-5-8-16-14(13)9-12/h3-5,8-9,16-18H,1-2,6-7,10-11H2. The second-order valence-electron chi connectivity index (χ2n) is 5.40. The smallest absolute Gasteiger partial charge is 0.0613 e. The molecule has 1 aromatic carbocycles. The highest BCUT2D eigenvalue weighted by Gasteiger charge is 2.32. The average molecular weight is 244 g/mol.